The van der Waals surface area contributed by atoms with Crippen molar-refractivity contribution in [2.75, 3.05) is 19.6 Å². The Kier molecular flexibility index (Phi) is 5.46. The van der Waals surface area contributed by atoms with Gasteiger partial charge in [-0.1, -0.05) is 40.5 Å². The molecule has 0 radical (unpaired) electrons. The van der Waals surface area contributed by atoms with E-state index >= 15 is 0 Å². The Hall–Kier alpha value is -0.0800. The van der Waals surface area contributed by atoms with Crippen molar-refractivity contribution in [3.63, 3.8) is 0 Å². The summed E-state index contributed by atoms with van der Waals surface area (Å²) in [6.07, 6.45) is 2.62. The van der Waals surface area contributed by atoms with Crippen molar-refractivity contribution in [3.05, 3.63) is 0 Å². The second-order valence-electron chi connectivity index (χ2n) is 6.63. The molecule has 17 heavy (non-hydrogen) atoms. The highest BCUT2D eigenvalue weighted by Crippen LogP contribution is 2.24. The van der Waals surface area contributed by atoms with Crippen LogP contribution in [0.5, 0.6) is 0 Å². The number of piperazine rings is 1. The van der Waals surface area contributed by atoms with Gasteiger partial charge in [0, 0.05) is 31.2 Å². The Morgan fingerprint density at radius 3 is 2.29 bits per heavy atom. The third kappa shape index (κ3) is 3.96. The van der Waals surface area contributed by atoms with Gasteiger partial charge in [0.1, 0.15) is 0 Å². The summed E-state index contributed by atoms with van der Waals surface area (Å²) in [6, 6.07) is 0.664. The Labute approximate surface area is 108 Å². The molecule has 0 aliphatic carbocycles. The maximum absolute atomic E-state index is 3.71. The Morgan fingerprint density at radius 2 is 1.82 bits per heavy atom. The molecule has 1 heterocycles. The van der Waals surface area contributed by atoms with Crippen molar-refractivity contribution >= 4 is 0 Å². The fourth-order valence-electron chi connectivity index (χ4n) is 2.67. The third-order valence-corrected chi connectivity index (χ3v) is 4.51. The summed E-state index contributed by atoms with van der Waals surface area (Å²) < 4.78 is 0. The third-order valence-electron chi connectivity index (χ3n) is 4.51. The van der Waals surface area contributed by atoms with Gasteiger partial charge < -0.3 is 5.32 Å². The molecule has 1 saturated heterocycles. The van der Waals surface area contributed by atoms with Crippen LogP contribution in [0.2, 0.25) is 0 Å². The van der Waals surface area contributed by atoms with Gasteiger partial charge in [0.25, 0.3) is 0 Å². The zero-order chi connectivity index (χ0) is 13.1. The molecule has 0 amide bonds. The molecule has 1 aliphatic rings. The molecular weight excluding hydrogens is 208 g/mol. The molecule has 1 unspecified atom stereocenters. The van der Waals surface area contributed by atoms with Gasteiger partial charge in [-0.15, -0.1) is 0 Å². The molecule has 0 aromatic heterocycles. The fourth-order valence-corrected chi connectivity index (χ4v) is 2.67. The normalized spacial score (nSPS) is 25.8. The molecule has 0 aromatic rings. The highest BCUT2D eigenvalue weighted by atomic mass is 15.3. The van der Waals surface area contributed by atoms with E-state index < -0.39 is 0 Å². The maximum atomic E-state index is 3.71. The Balaban J connectivity index is 2.64. The van der Waals surface area contributed by atoms with E-state index in [1.807, 2.05) is 0 Å². The largest absolute Gasteiger partial charge is 0.311 e. The number of hydrogen-bond acceptors (Lipinski definition) is 2. The van der Waals surface area contributed by atoms with Gasteiger partial charge in [-0.2, -0.15) is 0 Å². The average Bonchev–Trinajstić information content (AvgIpc) is 2.27. The molecule has 0 bridgehead atoms. The summed E-state index contributed by atoms with van der Waals surface area (Å²) >= 11 is 0. The Bertz CT molecular complexity index is 217. The van der Waals surface area contributed by atoms with E-state index in [0.717, 1.165) is 18.4 Å². The van der Waals surface area contributed by atoms with Crippen molar-refractivity contribution < 1.29 is 0 Å². The van der Waals surface area contributed by atoms with E-state index in [9.17, 15) is 0 Å². The predicted octanol–water partition coefficient (Wildman–Crippen LogP) is 3.13. The minimum atomic E-state index is 0.313. The number of rotatable bonds is 5. The highest BCUT2D eigenvalue weighted by molar-refractivity contribution is 4.94. The van der Waals surface area contributed by atoms with E-state index in [1.54, 1.807) is 0 Å². The topological polar surface area (TPSA) is 15.3 Å². The zero-order valence-corrected chi connectivity index (χ0v) is 12.7. The van der Waals surface area contributed by atoms with Gasteiger partial charge in [-0.3, -0.25) is 4.90 Å². The summed E-state index contributed by atoms with van der Waals surface area (Å²) in [5.41, 5.74) is 0.313. The van der Waals surface area contributed by atoms with Gasteiger partial charge in [-0.25, -0.2) is 0 Å². The van der Waals surface area contributed by atoms with Crippen LogP contribution >= 0.6 is 0 Å². The summed E-state index contributed by atoms with van der Waals surface area (Å²) in [4.78, 5) is 2.71. The molecule has 102 valence electrons. The van der Waals surface area contributed by atoms with Gasteiger partial charge in [-0.05, 0) is 25.7 Å². The zero-order valence-electron chi connectivity index (χ0n) is 12.7. The summed E-state index contributed by atoms with van der Waals surface area (Å²) in [5, 5.41) is 3.71. The van der Waals surface area contributed by atoms with Crippen LogP contribution in [0.4, 0.5) is 0 Å². The molecular formula is C15H32N2. The van der Waals surface area contributed by atoms with Crippen LogP contribution in [-0.4, -0.2) is 36.1 Å². The second-order valence-corrected chi connectivity index (χ2v) is 6.63. The van der Waals surface area contributed by atoms with Crippen LogP contribution in [0.15, 0.2) is 0 Å². The average molecular weight is 240 g/mol. The molecule has 0 spiro atoms. The second kappa shape index (κ2) is 6.19. The lowest BCUT2D eigenvalue weighted by Crippen LogP contribution is -2.63. The lowest BCUT2D eigenvalue weighted by Gasteiger charge is -2.48. The molecule has 2 nitrogen and oxygen atoms in total. The van der Waals surface area contributed by atoms with E-state index in [0.29, 0.717) is 11.6 Å². The van der Waals surface area contributed by atoms with Crippen molar-refractivity contribution in [1.29, 1.82) is 0 Å². The van der Waals surface area contributed by atoms with Gasteiger partial charge in [0.15, 0.2) is 0 Å². The number of nitrogens with one attached hydrogen (secondary N) is 1. The minimum Gasteiger partial charge on any atom is -0.311 e. The monoisotopic (exact) mass is 240 g/mol. The quantitative estimate of drug-likeness (QED) is 0.794. The first kappa shape index (κ1) is 15.0. The van der Waals surface area contributed by atoms with Crippen LogP contribution in [0, 0.1) is 11.8 Å². The van der Waals surface area contributed by atoms with Crippen molar-refractivity contribution in [2.45, 2.75) is 66.0 Å². The van der Waals surface area contributed by atoms with Gasteiger partial charge in [0.2, 0.25) is 0 Å². The molecule has 0 saturated carbocycles. The standard InChI is InChI=1S/C15H32N2/c1-7-13(8-2)9-17-10-14(12(3)4)16-11-15(17,5)6/h12-14,16H,7-11H2,1-6H3. The highest BCUT2D eigenvalue weighted by Gasteiger charge is 2.35. The summed E-state index contributed by atoms with van der Waals surface area (Å²) in [6.45, 7) is 17.6. The summed E-state index contributed by atoms with van der Waals surface area (Å²) in [5.74, 6) is 1.59. The minimum absolute atomic E-state index is 0.313. The molecule has 0 aromatic carbocycles. The molecule has 1 N–H and O–H groups in total. The van der Waals surface area contributed by atoms with Gasteiger partial charge in [0.05, 0.1) is 0 Å². The summed E-state index contributed by atoms with van der Waals surface area (Å²) in [7, 11) is 0. The predicted molar refractivity (Wildman–Crippen MR) is 76.4 cm³/mol. The maximum Gasteiger partial charge on any atom is 0.0278 e. The van der Waals surface area contributed by atoms with Crippen LogP contribution < -0.4 is 5.32 Å². The first-order valence-electron chi connectivity index (χ1n) is 7.39. The van der Waals surface area contributed by atoms with E-state index in [4.69, 9.17) is 0 Å². The molecule has 2 heteroatoms. The van der Waals surface area contributed by atoms with Crippen LogP contribution in [0.1, 0.15) is 54.4 Å². The first-order valence-corrected chi connectivity index (χ1v) is 7.39. The van der Waals surface area contributed by atoms with E-state index in [1.165, 1.54) is 25.9 Å². The molecule has 1 atom stereocenters. The SMILES string of the molecule is CCC(CC)CN1CC(C(C)C)NCC1(C)C. The Morgan fingerprint density at radius 1 is 1.24 bits per heavy atom. The van der Waals surface area contributed by atoms with E-state index in [-0.39, 0.29) is 0 Å². The molecule has 1 fully saturated rings. The van der Waals surface area contributed by atoms with Gasteiger partial charge >= 0.3 is 0 Å². The van der Waals surface area contributed by atoms with Crippen LogP contribution in [0.3, 0.4) is 0 Å². The van der Waals surface area contributed by atoms with E-state index in [2.05, 4.69) is 51.8 Å². The smallest absolute Gasteiger partial charge is 0.0278 e. The first-order chi connectivity index (χ1) is 7.90. The van der Waals surface area contributed by atoms with Crippen molar-refractivity contribution in [1.82, 2.24) is 10.2 Å². The lowest BCUT2D eigenvalue weighted by molar-refractivity contribution is 0.0392. The molecule has 1 aliphatic heterocycles. The van der Waals surface area contributed by atoms with Crippen LogP contribution in [0.25, 0.3) is 0 Å². The number of hydrogen-bond donors (Lipinski definition) is 1. The molecule has 1 rings (SSSR count). The van der Waals surface area contributed by atoms with Crippen molar-refractivity contribution in [3.8, 4) is 0 Å². The fraction of sp³-hybridized carbons (Fsp3) is 1.00. The number of nitrogens with zero attached hydrogens (tertiary/aromatic N) is 1. The van der Waals surface area contributed by atoms with Crippen LogP contribution in [-0.2, 0) is 0 Å². The van der Waals surface area contributed by atoms with Crippen molar-refractivity contribution in [2.24, 2.45) is 11.8 Å². The lowest BCUT2D eigenvalue weighted by atomic mass is 9.90.